The van der Waals surface area contributed by atoms with Gasteiger partial charge in [0.25, 0.3) is 0 Å². The second kappa shape index (κ2) is 6.48. The van der Waals surface area contributed by atoms with E-state index in [9.17, 15) is 0 Å². The number of fused-ring (bicyclic) bond motifs is 1. The van der Waals surface area contributed by atoms with Crippen LogP contribution in [0.4, 0.5) is 5.82 Å². The van der Waals surface area contributed by atoms with Crippen LogP contribution >= 0.6 is 0 Å². The van der Waals surface area contributed by atoms with Crippen molar-refractivity contribution in [3.05, 3.63) is 60.9 Å². The van der Waals surface area contributed by atoms with Crippen molar-refractivity contribution in [2.75, 3.05) is 5.73 Å². The number of anilines is 1. The summed E-state index contributed by atoms with van der Waals surface area (Å²) in [6.45, 7) is 4.12. The Morgan fingerprint density at radius 2 is 1.62 bits per heavy atom. The fourth-order valence-electron chi connectivity index (χ4n) is 2.86. The van der Waals surface area contributed by atoms with Crippen LogP contribution in [-0.4, -0.2) is 19.7 Å². The van der Waals surface area contributed by atoms with E-state index in [4.69, 9.17) is 15.6 Å². The Bertz CT molecular complexity index is 1040. The van der Waals surface area contributed by atoms with Gasteiger partial charge in [0.1, 0.15) is 29.3 Å². The summed E-state index contributed by atoms with van der Waals surface area (Å²) in [6, 6.07) is 17.6. The zero-order chi connectivity index (χ0) is 18.1. The Labute approximate surface area is 151 Å². The van der Waals surface area contributed by atoms with E-state index < -0.39 is 0 Å². The standard InChI is InChI=1S/C20H19N5O/c1-13(2)25-20-17(19(21)22-12-23-20)18(24-25)14-8-10-16(11-9-14)26-15-6-4-3-5-7-15/h3-13H,1-2H3,(H2,21,22,23). The van der Waals surface area contributed by atoms with Crippen LogP contribution in [0.3, 0.4) is 0 Å². The van der Waals surface area contributed by atoms with E-state index in [1.165, 1.54) is 6.33 Å². The van der Waals surface area contributed by atoms with Crippen molar-refractivity contribution in [3.63, 3.8) is 0 Å². The Balaban J connectivity index is 1.74. The molecule has 2 aromatic heterocycles. The Morgan fingerprint density at radius 3 is 2.31 bits per heavy atom. The van der Waals surface area contributed by atoms with Crippen LogP contribution in [0.15, 0.2) is 60.9 Å². The molecule has 0 aliphatic heterocycles. The Hall–Kier alpha value is -3.41. The predicted molar refractivity (Wildman–Crippen MR) is 102 cm³/mol. The van der Waals surface area contributed by atoms with Crippen LogP contribution in [0.5, 0.6) is 11.5 Å². The van der Waals surface area contributed by atoms with Crippen molar-refractivity contribution in [3.8, 4) is 22.8 Å². The van der Waals surface area contributed by atoms with Crippen molar-refractivity contribution < 1.29 is 4.74 Å². The van der Waals surface area contributed by atoms with Crippen LogP contribution in [0.1, 0.15) is 19.9 Å². The maximum absolute atomic E-state index is 6.11. The molecule has 0 amide bonds. The van der Waals surface area contributed by atoms with E-state index >= 15 is 0 Å². The minimum absolute atomic E-state index is 0.168. The van der Waals surface area contributed by atoms with Crippen LogP contribution in [-0.2, 0) is 0 Å². The number of nitrogen functional groups attached to an aromatic ring is 1. The summed E-state index contributed by atoms with van der Waals surface area (Å²) in [7, 11) is 0. The summed E-state index contributed by atoms with van der Waals surface area (Å²) in [5, 5.41) is 5.50. The lowest BCUT2D eigenvalue weighted by Crippen LogP contribution is -2.04. The fourth-order valence-corrected chi connectivity index (χ4v) is 2.86. The predicted octanol–water partition coefficient (Wildman–Crippen LogP) is 4.45. The average molecular weight is 345 g/mol. The third-order valence-electron chi connectivity index (χ3n) is 4.11. The van der Waals surface area contributed by atoms with Crippen molar-refractivity contribution >= 4 is 16.9 Å². The summed E-state index contributed by atoms with van der Waals surface area (Å²) in [4.78, 5) is 8.50. The molecule has 130 valence electrons. The second-order valence-corrected chi connectivity index (χ2v) is 6.28. The smallest absolute Gasteiger partial charge is 0.164 e. The van der Waals surface area contributed by atoms with Gasteiger partial charge in [0.2, 0.25) is 0 Å². The molecule has 26 heavy (non-hydrogen) atoms. The van der Waals surface area contributed by atoms with Crippen LogP contribution in [0, 0.1) is 0 Å². The van der Waals surface area contributed by atoms with Gasteiger partial charge in [0.15, 0.2) is 5.65 Å². The number of ether oxygens (including phenoxy) is 1. The lowest BCUT2D eigenvalue weighted by Gasteiger charge is -2.06. The molecule has 2 aromatic carbocycles. The normalized spacial score (nSPS) is 11.2. The number of hydrogen-bond donors (Lipinski definition) is 1. The highest BCUT2D eigenvalue weighted by Gasteiger charge is 2.18. The summed E-state index contributed by atoms with van der Waals surface area (Å²) in [5.74, 6) is 1.99. The van der Waals surface area contributed by atoms with Crippen molar-refractivity contribution in [1.82, 2.24) is 19.7 Å². The third-order valence-corrected chi connectivity index (χ3v) is 4.11. The number of nitrogens with zero attached hydrogens (tertiary/aromatic N) is 4. The molecule has 0 atom stereocenters. The molecule has 0 aliphatic rings. The topological polar surface area (TPSA) is 78.9 Å². The van der Waals surface area contributed by atoms with Gasteiger partial charge < -0.3 is 10.5 Å². The maximum atomic E-state index is 6.11. The molecule has 2 heterocycles. The van der Waals surface area contributed by atoms with Gasteiger partial charge in [-0.15, -0.1) is 0 Å². The molecule has 4 aromatic rings. The molecule has 4 rings (SSSR count). The Kier molecular flexibility index (Phi) is 4.01. The van der Waals surface area contributed by atoms with Crippen LogP contribution < -0.4 is 10.5 Å². The lowest BCUT2D eigenvalue weighted by atomic mass is 10.1. The quantitative estimate of drug-likeness (QED) is 0.591. The minimum Gasteiger partial charge on any atom is -0.457 e. The number of rotatable bonds is 4. The van der Waals surface area contributed by atoms with Gasteiger partial charge in [-0.1, -0.05) is 18.2 Å². The van der Waals surface area contributed by atoms with Crippen LogP contribution in [0.25, 0.3) is 22.3 Å². The van der Waals surface area contributed by atoms with Gasteiger partial charge in [-0.3, -0.25) is 0 Å². The van der Waals surface area contributed by atoms with Crippen molar-refractivity contribution in [2.45, 2.75) is 19.9 Å². The summed E-state index contributed by atoms with van der Waals surface area (Å²) < 4.78 is 7.72. The van der Waals surface area contributed by atoms with Gasteiger partial charge >= 0.3 is 0 Å². The second-order valence-electron chi connectivity index (χ2n) is 6.28. The summed E-state index contributed by atoms with van der Waals surface area (Å²) in [6.07, 6.45) is 1.47. The molecule has 0 bridgehead atoms. The molecule has 0 radical (unpaired) electrons. The molecule has 0 spiro atoms. The molecule has 0 saturated carbocycles. The molecule has 0 unspecified atom stereocenters. The molecule has 2 N–H and O–H groups in total. The number of para-hydroxylation sites is 1. The molecule has 6 nitrogen and oxygen atoms in total. The highest BCUT2D eigenvalue weighted by molar-refractivity contribution is 5.98. The highest BCUT2D eigenvalue weighted by Crippen LogP contribution is 2.32. The largest absolute Gasteiger partial charge is 0.457 e. The summed E-state index contributed by atoms with van der Waals surface area (Å²) in [5.41, 5.74) is 8.57. The first kappa shape index (κ1) is 16.1. The van der Waals surface area contributed by atoms with E-state index in [2.05, 4.69) is 23.8 Å². The van der Waals surface area contributed by atoms with Gasteiger partial charge in [0.05, 0.1) is 5.39 Å². The van der Waals surface area contributed by atoms with Crippen molar-refractivity contribution in [1.29, 1.82) is 0 Å². The molecule has 0 aliphatic carbocycles. The minimum atomic E-state index is 0.168. The maximum Gasteiger partial charge on any atom is 0.164 e. The van der Waals surface area contributed by atoms with E-state index in [-0.39, 0.29) is 6.04 Å². The molecule has 6 heteroatoms. The van der Waals surface area contributed by atoms with Crippen molar-refractivity contribution in [2.24, 2.45) is 0 Å². The van der Waals surface area contributed by atoms with E-state index in [1.54, 1.807) is 0 Å². The number of hydrogen-bond acceptors (Lipinski definition) is 5. The zero-order valence-corrected chi connectivity index (χ0v) is 14.6. The Morgan fingerprint density at radius 1 is 0.923 bits per heavy atom. The van der Waals surface area contributed by atoms with E-state index in [0.29, 0.717) is 5.82 Å². The van der Waals surface area contributed by atoms with E-state index in [0.717, 1.165) is 33.8 Å². The first-order valence-corrected chi connectivity index (χ1v) is 8.45. The lowest BCUT2D eigenvalue weighted by molar-refractivity contribution is 0.483. The SMILES string of the molecule is CC(C)n1nc(-c2ccc(Oc3ccccc3)cc2)c2c(N)ncnc21. The average Bonchev–Trinajstić information content (AvgIpc) is 3.05. The summed E-state index contributed by atoms with van der Waals surface area (Å²) >= 11 is 0. The van der Waals surface area contributed by atoms with Gasteiger partial charge in [0, 0.05) is 11.6 Å². The molecular weight excluding hydrogens is 326 g/mol. The fraction of sp³-hybridized carbons (Fsp3) is 0.150. The third kappa shape index (κ3) is 2.86. The highest BCUT2D eigenvalue weighted by atomic mass is 16.5. The number of nitrogens with two attached hydrogens (primary N) is 1. The monoisotopic (exact) mass is 345 g/mol. The molecule has 0 saturated heterocycles. The van der Waals surface area contributed by atoms with Gasteiger partial charge in [-0.2, -0.15) is 5.10 Å². The first-order chi connectivity index (χ1) is 12.6. The van der Waals surface area contributed by atoms with Crippen LogP contribution in [0.2, 0.25) is 0 Å². The number of benzene rings is 2. The number of aromatic nitrogens is 4. The zero-order valence-electron chi connectivity index (χ0n) is 14.6. The van der Waals surface area contributed by atoms with E-state index in [1.807, 2.05) is 59.3 Å². The van der Waals surface area contributed by atoms with Gasteiger partial charge in [-0.25, -0.2) is 14.6 Å². The van der Waals surface area contributed by atoms with Gasteiger partial charge in [-0.05, 0) is 50.2 Å². The molecule has 0 fully saturated rings. The molecular formula is C20H19N5O. The first-order valence-electron chi connectivity index (χ1n) is 8.45.